The first kappa shape index (κ1) is 16.7. The normalized spacial score (nSPS) is 13.1. The minimum Gasteiger partial charge on any atom is -0.462 e. The first-order valence-corrected chi connectivity index (χ1v) is 9.10. The zero-order chi connectivity index (χ0) is 17.3. The smallest absolute Gasteiger partial charge is 0.341 e. The van der Waals surface area contributed by atoms with E-state index in [9.17, 15) is 9.59 Å². The van der Waals surface area contributed by atoms with E-state index in [1.807, 2.05) is 26.0 Å². The minimum absolute atomic E-state index is 0.0590. The Hall–Kier alpha value is -2.14. The third-order valence-corrected chi connectivity index (χ3v) is 5.59. The Bertz CT molecular complexity index is 794. The first-order valence-electron chi connectivity index (χ1n) is 8.28. The van der Waals surface area contributed by atoms with Gasteiger partial charge in [0.2, 0.25) is 5.91 Å². The average Bonchev–Trinajstić information content (AvgIpc) is 3.09. The number of esters is 1. The van der Waals surface area contributed by atoms with Crippen molar-refractivity contribution in [2.75, 3.05) is 11.9 Å². The number of nitrogens with one attached hydrogen (secondary N) is 1. The fourth-order valence-electron chi connectivity index (χ4n) is 2.87. The van der Waals surface area contributed by atoms with Gasteiger partial charge >= 0.3 is 5.97 Å². The largest absolute Gasteiger partial charge is 0.462 e. The molecule has 0 saturated carbocycles. The van der Waals surface area contributed by atoms with Crippen LogP contribution in [0.4, 0.5) is 5.00 Å². The van der Waals surface area contributed by atoms with Gasteiger partial charge < -0.3 is 10.1 Å². The van der Waals surface area contributed by atoms with Crippen LogP contribution in [0, 0.1) is 5.92 Å². The highest BCUT2D eigenvalue weighted by molar-refractivity contribution is 7.20. The van der Waals surface area contributed by atoms with Crippen LogP contribution in [-0.2, 0) is 16.0 Å². The molecule has 0 bridgehead atoms. The van der Waals surface area contributed by atoms with Gasteiger partial charge in [-0.1, -0.05) is 38.1 Å². The molecule has 2 aromatic rings. The van der Waals surface area contributed by atoms with Gasteiger partial charge in [0.05, 0.1) is 12.2 Å². The molecule has 1 N–H and O–H groups in total. The molecule has 126 valence electrons. The molecule has 1 amide bonds. The van der Waals surface area contributed by atoms with Gasteiger partial charge in [0, 0.05) is 17.2 Å². The lowest BCUT2D eigenvalue weighted by molar-refractivity contribution is -0.119. The first-order chi connectivity index (χ1) is 11.6. The minimum atomic E-state index is -0.359. The lowest BCUT2D eigenvalue weighted by Gasteiger charge is -2.11. The summed E-state index contributed by atoms with van der Waals surface area (Å²) in [7, 11) is 0. The van der Waals surface area contributed by atoms with Crippen molar-refractivity contribution in [2.45, 2.75) is 33.6 Å². The number of rotatable bonds is 5. The maximum absolute atomic E-state index is 12.5. The fourth-order valence-corrected chi connectivity index (χ4v) is 4.14. The molecule has 0 spiro atoms. The van der Waals surface area contributed by atoms with E-state index in [0.29, 0.717) is 23.6 Å². The van der Waals surface area contributed by atoms with Crippen LogP contribution in [0.1, 0.15) is 48.7 Å². The van der Waals surface area contributed by atoms with Gasteiger partial charge in [0.1, 0.15) is 5.00 Å². The van der Waals surface area contributed by atoms with Crippen LogP contribution < -0.4 is 5.32 Å². The number of anilines is 1. The number of benzene rings is 1. The number of thiophene rings is 1. The van der Waals surface area contributed by atoms with Crippen molar-refractivity contribution in [1.82, 2.24) is 0 Å². The highest BCUT2D eigenvalue weighted by Gasteiger charge is 2.31. The van der Waals surface area contributed by atoms with Gasteiger partial charge in [-0.05, 0) is 30.0 Å². The predicted octanol–water partition coefficient (Wildman–Crippen LogP) is 4.48. The number of fused-ring (bicyclic) bond motifs is 3. The van der Waals surface area contributed by atoms with Crippen molar-refractivity contribution in [3.05, 3.63) is 41.0 Å². The summed E-state index contributed by atoms with van der Waals surface area (Å²) in [5, 5.41) is 3.55. The second-order valence-electron chi connectivity index (χ2n) is 5.97. The zero-order valence-electron chi connectivity index (χ0n) is 14.1. The summed E-state index contributed by atoms with van der Waals surface area (Å²) in [6, 6.07) is 8.14. The monoisotopic (exact) mass is 343 g/mol. The van der Waals surface area contributed by atoms with Crippen LogP contribution in [0.25, 0.3) is 10.4 Å². The van der Waals surface area contributed by atoms with Crippen LogP contribution in [0.5, 0.6) is 0 Å². The molecule has 4 nitrogen and oxygen atoms in total. The van der Waals surface area contributed by atoms with E-state index in [0.717, 1.165) is 22.4 Å². The van der Waals surface area contributed by atoms with E-state index in [2.05, 4.69) is 17.4 Å². The molecule has 3 rings (SSSR count). The number of hydrogen-bond donors (Lipinski definition) is 1. The molecule has 0 aliphatic heterocycles. The van der Waals surface area contributed by atoms with Crippen molar-refractivity contribution in [3.8, 4) is 10.4 Å². The summed E-state index contributed by atoms with van der Waals surface area (Å²) in [4.78, 5) is 25.8. The van der Waals surface area contributed by atoms with Crippen molar-refractivity contribution in [2.24, 2.45) is 5.92 Å². The van der Waals surface area contributed by atoms with Crippen molar-refractivity contribution >= 4 is 28.2 Å². The SMILES string of the molecule is CCOC(=O)c1c(NC(=O)[C@H](C)CC)sc2c1Cc1ccccc1-2. The fraction of sp³-hybridized carbons (Fsp3) is 0.368. The lowest BCUT2D eigenvalue weighted by atomic mass is 10.1. The lowest BCUT2D eigenvalue weighted by Crippen LogP contribution is -2.21. The Morgan fingerprint density at radius 3 is 2.75 bits per heavy atom. The van der Waals surface area contributed by atoms with Gasteiger partial charge in [-0.15, -0.1) is 11.3 Å². The van der Waals surface area contributed by atoms with Gasteiger partial charge in [-0.3, -0.25) is 4.79 Å². The Kier molecular flexibility index (Phi) is 4.71. The van der Waals surface area contributed by atoms with Gasteiger partial charge in [-0.2, -0.15) is 0 Å². The summed E-state index contributed by atoms with van der Waals surface area (Å²) in [5.41, 5.74) is 3.85. The Balaban J connectivity index is 2.04. The van der Waals surface area contributed by atoms with E-state index < -0.39 is 0 Å². The second kappa shape index (κ2) is 6.77. The van der Waals surface area contributed by atoms with E-state index >= 15 is 0 Å². The molecule has 1 aromatic carbocycles. The van der Waals surface area contributed by atoms with Crippen molar-refractivity contribution in [3.63, 3.8) is 0 Å². The van der Waals surface area contributed by atoms with Crippen molar-refractivity contribution < 1.29 is 14.3 Å². The Labute approximate surface area is 145 Å². The molecular weight excluding hydrogens is 322 g/mol. The van der Waals surface area contributed by atoms with E-state index in [-0.39, 0.29) is 17.8 Å². The molecule has 24 heavy (non-hydrogen) atoms. The standard InChI is InChI=1S/C19H21NO3S/c1-4-11(3)17(21)20-18-15(19(22)23-5-2)14-10-12-8-6-7-9-13(12)16(14)24-18/h6-9,11H,4-5,10H2,1-3H3,(H,20,21)/t11-/m1/s1. The predicted molar refractivity (Wildman–Crippen MR) is 96.6 cm³/mol. The molecule has 1 aliphatic rings. The topological polar surface area (TPSA) is 55.4 Å². The van der Waals surface area contributed by atoms with E-state index in [4.69, 9.17) is 4.74 Å². The molecular formula is C19H21NO3S. The Morgan fingerprint density at radius 1 is 1.29 bits per heavy atom. The van der Waals surface area contributed by atoms with Gasteiger partial charge in [0.15, 0.2) is 0 Å². The van der Waals surface area contributed by atoms with E-state index in [1.54, 1.807) is 6.92 Å². The quantitative estimate of drug-likeness (QED) is 0.695. The number of carbonyl (C=O) groups excluding carboxylic acids is 2. The van der Waals surface area contributed by atoms with Crippen LogP contribution in [0.2, 0.25) is 0 Å². The second-order valence-corrected chi connectivity index (χ2v) is 6.99. The molecule has 0 saturated heterocycles. The average molecular weight is 343 g/mol. The molecule has 1 atom stereocenters. The van der Waals surface area contributed by atoms with E-state index in [1.165, 1.54) is 16.9 Å². The Morgan fingerprint density at radius 2 is 2.04 bits per heavy atom. The molecule has 0 radical (unpaired) electrons. The maximum atomic E-state index is 12.5. The van der Waals surface area contributed by atoms with Gasteiger partial charge in [-0.25, -0.2) is 4.79 Å². The number of hydrogen-bond acceptors (Lipinski definition) is 4. The van der Waals surface area contributed by atoms with Crippen LogP contribution in [0.15, 0.2) is 24.3 Å². The molecule has 5 heteroatoms. The summed E-state index contributed by atoms with van der Waals surface area (Å²) in [6.45, 7) is 5.96. The maximum Gasteiger partial charge on any atom is 0.341 e. The molecule has 0 unspecified atom stereocenters. The number of carbonyl (C=O) groups is 2. The summed E-state index contributed by atoms with van der Waals surface area (Å²) >= 11 is 1.47. The number of ether oxygens (including phenoxy) is 1. The van der Waals surface area contributed by atoms with Crippen LogP contribution in [0.3, 0.4) is 0 Å². The molecule has 1 aliphatic carbocycles. The summed E-state index contributed by atoms with van der Waals surface area (Å²) in [5.74, 6) is -0.511. The van der Waals surface area contributed by atoms with Crippen LogP contribution in [-0.4, -0.2) is 18.5 Å². The highest BCUT2D eigenvalue weighted by Crippen LogP contribution is 2.47. The summed E-state index contributed by atoms with van der Waals surface area (Å²) in [6.07, 6.45) is 1.46. The molecule has 0 fully saturated rings. The number of amides is 1. The molecule has 1 heterocycles. The van der Waals surface area contributed by atoms with Crippen molar-refractivity contribution in [1.29, 1.82) is 0 Å². The zero-order valence-corrected chi connectivity index (χ0v) is 15.0. The van der Waals surface area contributed by atoms with Gasteiger partial charge in [0.25, 0.3) is 0 Å². The third kappa shape index (κ3) is 2.84. The third-order valence-electron chi connectivity index (χ3n) is 4.41. The highest BCUT2D eigenvalue weighted by atomic mass is 32.1. The molecule has 1 aromatic heterocycles. The van der Waals surface area contributed by atoms with Crippen LogP contribution >= 0.6 is 11.3 Å². The summed E-state index contributed by atoms with van der Waals surface area (Å²) < 4.78 is 5.24.